The predicted molar refractivity (Wildman–Crippen MR) is 216 cm³/mol. The van der Waals surface area contributed by atoms with Crippen LogP contribution in [-0.2, 0) is 40.5 Å². The molecule has 7 aromatic rings. The Hall–Kier alpha value is -6.91. The second-order valence-corrected chi connectivity index (χ2v) is 18.1. The van der Waals surface area contributed by atoms with Crippen molar-refractivity contribution < 1.29 is 57.0 Å². The molecule has 0 saturated heterocycles. The van der Waals surface area contributed by atoms with E-state index in [0.29, 0.717) is 11.4 Å². The summed E-state index contributed by atoms with van der Waals surface area (Å²) in [6, 6.07) is 22.8. The lowest BCUT2D eigenvalue weighted by Crippen LogP contribution is -2.03. The number of nitrogens with zero attached hydrogens (tertiary/aromatic N) is 7. The lowest BCUT2D eigenvalue weighted by Gasteiger charge is -2.09. The monoisotopic (exact) mass is 907 g/mol. The maximum absolute atomic E-state index is 12.1. The van der Waals surface area contributed by atoms with Crippen LogP contribution in [0.5, 0.6) is 6.01 Å². The molecule has 0 radical (unpaired) electrons. The van der Waals surface area contributed by atoms with Gasteiger partial charge in [0.25, 0.3) is 40.5 Å². The number of hydrogen-bond acceptors (Lipinski definition) is 18. The average Bonchev–Trinajstić information content (AvgIpc) is 3.17. The molecule has 0 spiro atoms. The zero-order valence-electron chi connectivity index (χ0n) is 30.2. The largest absolute Gasteiger partial charge is 0.479 e. The van der Waals surface area contributed by atoms with E-state index in [2.05, 4.69) is 46.0 Å². The molecule has 0 fully saturated rings. The molecular formula is C35H25N9O13S4. The number of rotatable bonds is 12. The van der Waals surface area contributed by atoms with E-state index in [0.717, 1.165) is 24.3 Å². The molecule has 7 N–H and O–H groups in total. The molecule has 61 heavy (non-hydrogen) atoms. The number of hydrogen-bond donors (Lipinski definition) is 7. The minimum Gasteiger partial charge on any atom is -0.479 e. The highest BCUT2D eigenvalue weighted by molar-refractivity contribution is 7.87. The first-order valence-corrected chi connectivity index (χ1v) is 22.4. The van der Waals surface area contributed by atoms with Crippen molar-refractivity contribution in [3.05, 3.63) is 109 Å². The summed E-state index contributed by atoms with van der Waals surface area (Å²) in [5.74, 6) is -0.176. The van der Waals surface area contributed by atoms with E-state index in [9.17, 15) is 57.0 Å². The van der Waals surface area contributed by atoms with Crippen LogP contribution in [-0.4, -0.2) is 71.9 Å². The summed E-state index contributed by atoms with van der Waals surface area (Å²) in [6.07, 6.45) is 0. The fourth-order valence-electron chi connectivity index (χ4n) is 5.80. The van der Waals surface area contributed by atoms with Gasteiger partial charge in [-0.25, -0.2) is 0 Å². The minimum atomic E-state index is -4.86. The van der Waals surface area contributed by atoms with E-state index in [1.165, 1.54) is 84.9 Å². The normalized spacial score (nSPS) is 12.7. The van der Waals surface area contributed by atoms with Crippen LogP contribution >= 0.6 is 0 Å². The summed E-state index contributed by atoms with van der Waals surface area (Å²) in [5.41, 5.74) is 0.999. The predicted octanol–water partition coefficient (Wildman–Crippen LogP) is 7.19. The fourth-order valence-corrected chi connectivity index (χ4v) is 8.65. The molecule has 0 aliphatic carbocycles. The van der Waals surface area contributed by atoms with E-state index >= 15 is 0 Å². The van der Waals surface area contributed by atoms with Crippen molar-refractivity contribution in [2.24, 2.45) is 20.5 Å². The summed E-state index contributed by atoms with van der Waals surface area (Å²) in [4.78, 5) is 9.42. The smallest absolute Gasteiger partial charge is 0.320 e. The first kappa shape index (κ1) is 42.2. The van der Waals surface area contributed by atoms with Gasteiger partial charge in [-0.15, -0.1) is 0 Å². The standard InChI is InChI=1S/C35H25N9O13S4/c45-35-39-33(36-19-7-11-21(12-8-19)41-43-23-15-27-25(31(17-23)60(52,53)54)3-1-5-29(27)58(46,47)48)38-34(40-35)37-20-9-13-22(14-10-20)42-44-24-16-28-26(32(18-24)61(55,56)57)4-2-6-30(28)59(49,50)51/h1-18H,(H,46,47,48)(H,49,50,51)(H,52,53,54)(H,55,56,57)(H3,36,37,38,39,40,45)/b43-41+,44-42+. The van der Waals surface area contributed by atoms with Crippen molar-refractivity contribution in [3.8, 4) is 6.01 Å². The molecule has 0 atom stereocenters. The SMILES string of the molecule is O=S(=O)(O)c1cc(/N=N/c2ccc(Nc3nc(O)nc(Nc4ccc(/N=N/c5cc(S(=O)(=O)O)c6cccc(S(=O)(=O)O)c6c5)cc4)n3)cc2)cc2c(S(=O)(=O)O)cccc12. The number of fused-ring (bicyclic) bond motifs is 2. The van der Waals surface area contributed by atoms with Crippen molar-refractivity contribution in [3.63, 3.8) is 0 Å². The third kappa shape index (κ3) is 9.77. The molecule has 0 unspecified atom stereocenters. The molecule has 0 amide bonds. The van der Waals surface area contributed by atoms with Crippen LogP contribution in [0.1, 0.15) is 0 Å². The van der Waals surface area contributed by atoms with E-state index < -0.39 is 66.1 Å². The van der Waals surface area contributed by atoms with Gasteiger partial charge in [0.05, 0.1) is 22.7 Å². The number of aromatic hydroxyl groups is 1. The van der Waals surface area contributed by atoms with Crippen molar-refractivity contribution >= 4 is 108 Å². The number of benzene rings is 6. The van der Waals surface area contributed by atoms with Crippen molar-refractivity contribution in [2.45, 2.75) is 19.6 Å². The van der Waals surface area contributed by atoms with Gasteiger partial charge in [0.2, 0.25) is 11.9 Å². The molecule has 26 heteroatoms. The fraction of sp³-hybridized carbons (Fsp3) is 0. The molecule has 7 rings (SSSR count). The van der Waals surface area contributed by atoms with E-state index in [1.54, 1.807) is 0 Å². The van der Waals surface area contributed by atoms with Crippen LogP contribution < -0.4 is 10.6 Å². The first-order chi connectivity index (χ1) is 28.6. The van der Waals surface area contributed by atoms with Gasteiger partial charge in [-0.05, 0) is 84.9 Å². The van der Waals surface area contributed by atoms with Crippen LogP contribution in [0.3, 0.4) is 0 Å². The molecule has 6 aromatic carbocycles. The molecular weight excluding hydrogens is 883 g/mol. The highest BCUT2D eigenvalue weighted by Crippen LogP contribution is 2.36. The first-order valence-electron chi connectivity index (χ1n) is 16.7. The molecule has 0 bridgehead atoms. The zero-order valence-corrected chi connectivity index (χ0v) is 33.4. The second-order valence-electron chi connectivity index (χ2n) is 12.5. The molecule has 1 aromatic heterocycles. The van der Waals surface area contributed by atoms with Crippen LogP contribution in [0.25, 0.3) is 21.5 Å². The van der Waals surface area contributed by atoms with Crippen LogP contribution in [0.15, 0.2) is 149 Å². The summed E-state index contributed by atoms with van der Waals surface area (Å²) in [5, 5.41) is 31.2. The molecule has 0 aliphatic heterocycles. The van der Waals surface area contributed by atoms with Crippen LogP contribution in [0.2, 0.25) is 0 Å². The lowest BCUT2D eigenvalue weighted by molar-refractivity contribution is 0.430. The maximum Gasteiger partial charge on any atom is 0.320 e. The molecule has 312 valence electrons. The Morgan fingerprint density at radius 1 is 0.393 bits per heavy atom. The van der Waals surface area contributed by atoms with Gasteiger partial charge in [-0.1, -0.05) is 24.3 Å². The number of azo groups is 2. The van der Waals surface area contributed by atoms with Gasteiger partial charge in [0.15, 0.2) is 0 Å². The Kier molecular flexibility index (Phi) is 11.0. The van der Waals surface area contributed by atoms with E-state index in [4.69, 9.17) is 0 Å². The Bertz CT molecular complexity index is 3200. The Morgan fingerprint density at radius 3 is 1.08 bits per heavy atom. The highest BCUT2D eigenvalue weighted by atomic mass is 32.2. The topological polar surface area (TPSA) is 350 Å². The summed E-state index contributed by atoms with van der Waals surface area (Å²) >= 11 is 0. The third-order valence-corrected chi connectivity index (χ3v) is 12.0. The summed E-state index contributed by atoms with van der Waals surface area (Å²) in [6.45, 7) is 0. The Labute approximate surface area is 344 Å². The van der Waals surface area contributed by atoms with Crippen molar-refractivity contribution in [1.82, 2.24) is 15.0 Å². The van der Waals surface area contributed by atoms with Gasteiger partial charge in [-0.3, -0.25) is 18.2 Å². The van der Waals surface area contributed by atoms with Gasteiger partial charge in [-0.2, -0.15) is 69.1 Å². The summed E-state index contributed by atoms with van der Waals surface area (Å²) < 4.78 is 135. The number of nitrogens with one attached hydrogen (secondary N) is 2. The third-order valence-electron chi connectivity index (χ3n) is 8.35. The van der Waals surface area contributed by atoms with Gasteiger partial charge >= 0.3 is 6.01 Å². The van der Waals surface area contributed by atoms with E-state index in [1.807, 2.05) is 0 Å². The lowest BCUT2D eigenvalue weighted by atomic mass is 10.1. The maximum atomic E-state index is 12.1. The Balaban J connectivity index is 1.05. The minimum absolute atomic E-state index is 0.0878. The quantitative estimate of drug-likeness (QED) is 0.0471. The highest BCUT2D eigenvalue weighted by Gasteiger charge is 2.23. The number of aromatic nitrogens is 3. The number of anilines is 4. The van der Waals surface area contributed by atoms with Crippen molar-refractivity contribution in [1.29, 1.82) is 0 Å². The van der Waals surface area contributed by atoms with Crippen LogP contribution in [0, 0.1) is 0 Å². The van der Waals surface area contributed by atoms with Gasteiger partial charge < -0.3 is 15.7 Å². The Morgan fingerprint density at radius 2 is 0.738 bits per heavy atom. The molecule has 22 nitrogen and oxygen atoms in total. The van der Waals surface area contributed by atoms with Crippen molar-refractivity contribution in [2.75, 3.05) is 10.6 Å². The molecule has 0 aliphatic rings. The zero-order chi connectivity index (χ0) is 43.9. The molecule has 0 saturated carbocycles. The van der Waals surface area contributed by atoms with Gasteiger partial charge in [0, 0.05) is 32.9 Å². The second kappa shape index (κ2) is 15.9. The van der Waals surface area contributed by atoms with Crippen LogP contribution in [0.4, 0.5) is 46.0 Å². The van der Waals surface area contributed by atoms with Gasteiger partial charge in [0.1, 0.15) is 19.6 Å². The van der Waals surface area contributed by atoms with E-state index in [-0.39, 0.29) is 56.2 Å². The molecule has 1 heterocycles. The summed E-state index contributed by atoms with van der Waals surface area (Å²) in [7, 11) is -19.3. The average molecular weight is 908 g/mol.